The molecule has 0 aliphatic heterocycles. The van der Waals surface area contributed by atoms with Gasteiger partial charge in [-0.15, -0.1) is 11.3 Å². The van der Waals surface area contributed by atoms with E-state index in [0.29, 0.717) is 11.9 Å². The van der Waals surface area contributed by atoms with Crippen LogP contribution in [0.25, 0.3) is 10.9 Å². The molecule has 0 fully saturated rings. The van der Waals surface area contributed by atoms with Gasteiger partial charge in [-0.2, -0.15) is 4.98 Å². The second-order valence-electron chi connectivity index (χ2n) is 4.77. The summed E-state index contributed by atoms with van der Waals surface area (Å²) in [6.45, 7) is 8.34. The molecule has 0 aliphatic rings. The number of nitrogens with one attached hydrogen (secondary N) is 2. The monoisotopic (exact) mass is 264 g/mol. The number of anilines is 2. The van der Waals surface area contributed by atoms with Gasteiger partial charge >= 0.3 is 0 Å². The zero-order valence-electron chi connectivity index (χ0n) is 11.2. The van der Waals surface area contributed by atoms with E-state index in [2.05, 4.69) is 52.1 Å². The molecule has 0 aromatic carbocycles. The first-order valence-corrected chi connectivity index (χ1v) is 7.36. The van der Waals surface area contributed by atoms with Crippen LogP contribution < -0.4 is 10.6 Å². The Morgan fingerprint density at radius 3 is 2.78 bits per heavy atom. The van der Waals surface area contributed by atoms with Gasteiger partial charge in [-0.05, 0) is 12.3 Å². The summed E-state index contributed by atoms with van der Waals surface area (Å²) < 4.78 is 0. The van der Waals surface area contributed by atoms with Gasteiger partial charge in [0.15, 0.2) is 0 Å². The zero-order valence-corrected chi connectivity index (χ0v) is 12.0. The fourth-order valence-corrected chi connectivity index (χ4v) is 2.36. The molecule has 0 amide bonds. The predicted octanol–water partition coefficient (Wildman–Crippen LogP) is 3.58. The van der Waals surface area contributed by atoms with Crippen LogP contribution >= 0.6 is 11.3 Å². The van der Waals surface area contributed by atoms with Gasteiger partial charge in [0.25, 0.3) is 0 Å². The van der Waals surface area contributed by atoms with E-state index in [-0.39, 0.29) is 0 Å². The van der Waals surface area contributed by atoms with Crippen LogP contribution in [0, 0.1) is 5.92 Å². The molecule has 0 bridgehead atoms. The molecule has 2 aromatic heterocycles. The van der Waals surface area contributed by atoms with Gasteiger partial charge in [0.2, 0.25) is 5.95 Å². The van der Waals surface area contributed by atoms with E-state index in [9.17, 15) is 0 Å². The molecule has 2 N–H and O–H groups in total. The Kier molecular flexibility index (Phi) is 4.36. The molecular formula is C13H20N4S. The minimum Gasteiger partial charge on any atom is -0.369 e. The predicted molar refractivity (Wildman–Crippen MR) is 79.5 cm³/mol. The third-order valence-electron chi connectivity index (χ3n) is 2.55. The molecule has 0 atom stereocenters. The van der Waals surface area contributed by atoms with E-state index in [1.165, 1.54) is 0 Å². The number of hydrogen-bond acceptors (Lipinski definition) is 5. The number of fused-ring (bicyclic) bond motifs is 1. The van der Waals surface area contributed by atoms with Crippen LogP contribution in [0.3, 0.4) is 0 Å². The van der Waals surface area contributed by atoms with Gasteiger partial charge < -0.3 is 10.6 Å². The van der Waals surface area contributed by atoms with Crippen LogP contribution in [0.15, 0.2) is 10.8 Å². The van der Waals surface area contributed by atoms with Crippen molar-refractivity contribution in [1.82, 2.24) is 9.97 Å². The van der Waals surface area contributed by atoms with Crippen LogP contribution in [0.1, 0.15) is 27.2 Å². The van der Waals surface area contributed by atoms with Gasteiger partial charge in [-0.25, -0.2) is 4.98 Å². The number of aromatic nitrogens is 2. The Bertz CT molecular complexity index is 507. The quantitative estimate of drug-likeness (QED) is 0.837. The summed E-state index contributed by atoms with van der Waals surface area (Å²) in [5.74, 6) is 2.25. The third kappa shape index (κ3) is 3.10. The Morgan fingerprint density at radius 1 is 1.22 bits per heavy atom. The van der Waals surface area contributed by atoms with E-state index in [4.69, 9.17) is 0 Å². The Labute approximate surface area is 112 Å². The van der Waals surface area contributed by atoms with Gasteiger partial charge in [-0.3, -0.25) is 0 Å². The molecule has 0 saturated heterocycles. The maximum absolute atomic E-state index is 4.56. The van der Waals surface area contributed by atoms with Crippen molar-refractivity contribution < 1.29 is 0 Å². The van der Waals surface area contributed by atoms with E-state index in [1.54, 1.807) is 11.3 Å². The Balaban J connectivity index is 2.26. The van der Waals surface area contributed by atoms with Crippen molar-refractivity contribution in [3.8, 4) is 0 Å². The second kappa shape index (κ2) is 6.00. The van der Waals surface area contributed by atoms with E-state index >= 15 is 0 Å². The minimum absolute atomic E-state index is 0.598. The van der Waals surface area contributed by atoms with Crippen molar-refractivity contribution in [3.63, 3.8) is 0 Å². The van der Waals surface area contributed by atoms with Crippen LogP contribution in [0.5, 0.6) is 0 Å². The fraction of sp³-hybridized carbons (Fsp3) is 0.538. The van der Waals surface area contributed by atoms with Crippen LogP contribution in [0.4, 0.5) is 11.8 Å². The topological polar surface area (TPSA) is 49.8 Å². The number of thiophene rings is 1. The summed E-state index contributed by atoms with van der Waals surface area (Å²) in [6, 6.07) is 0. The van der Waals surface area contributed by atoms with Crippen molar-refractivity contribution >= 4 is 34.0 Å². The van der Waals surface area contributed by atoms with E-state index in [0.717, 1.165) is 36.2 Å². The Hall–Kier alpha value is -1.36. The lowest BCUT2D eigenvalue weighted by Crippen LogP contribution is -2.11. The van der Waals surface area contributed by atoms with Crippen molar-refractivity contribution in [2.75, 3.05) is 23.7 Å². The van der Waals surface area contributed by atoms with Crippen molar-refractivity contribution in [1.29, 1.82) is 0 Å². The first kappa shape index (κ1) is 13.1. The second-order valence-corrected chi connectivity index (χ2v) is 5.51. The first-order chi connectivity index (χ1) is 8.70. The van der Waals surface area contributed by atoms with E-state index in [1.807, 2.05) is 0 Å². The highest BCUT2D eigenvalue weighted by Crippen LogP contribution is 2.25. The maximum Gasteiger partial charge on any atom is 0.225 e. The molecular weight excluding hydrogens is 244 g/mol. The normalized spacial score (nSPS) is 11.1. The molecule has 2 rings (SSSR count). The molecule has 4 nitrogen and oxygen atoms in total. The molecule has 2 aromatic rings. The summed E-state index contributed by atoms with van der Waals surface area (Å²) in [4.78, 5) is 9.06. The van der Waals surface area contributed by atoms with Crippen molar-refractivity contribution in [2.24, 2.45) is 5.92 Å². The molecule has 98 valence electrons. The Morgan fingerprint density at radius 2 is 2.06 bits per heavy atom. The first-order valence-electron chi connectivity index (χ1n) is 6.42. The van der Waals surface area contributed by atoms with Crippen LogP contribution in [0.2, 0.25) is 0 Å². The summed E-state index contributed by atoms with van der Waals surface area (Å²) in [5.41, 5.74) is 1.01. The molecule has 2 heterocycles. The number of nitrogens with zero attached hydrogens (tertiary/aromatic N) is 2. The molecule has 0 spiro atoms. The summed E-state index contributed by atoms with van der Waals surface area (Å²) in [5, 5.41) is 11.9. The molecule has 18 heavy (non-hydrogen) atoms. The lowest BCUT2D eigenvalue weighted by Gasteiger charge is -2.11. The average molecular weight is 264 g/mol. The average Bonchev–Trinajstić information content (AvgIpc) is 2.81. The highest BCUT2D eigenvalue weighted by atomic mass is 32.1. The van der Waals surface area contributed by atoms with Gasteiger partial charge in [-0.1, -0.05) is 20.8 Å². The SMILES string of the molecule is CCCNc1nc(NCC(C)C)c2cscc2n1. The maximum atomic E-state index is 4.56. The molecule has 0 saturated carbocycles. The van der Waals surface area contributed by atoms with Crippen LogP contribution in [-0.4, -0.2) is 23.1 Å². The molecule has 0 unspecified atom stereocenters. The van der Waals surface area contributed by atoms with Crippen molar-refractivity contribution in [3.05, 3.63) is 10.8 Å². The lowest BCUT2D eigenvalue weighted by molar-refractivity contribution is 0.687. The van der Waals surface area contributed by atoms with Crippen LogP contribution in [-0.2, 0) is 0 Å². The lowest BCUT2D eigenvalue weighted by atomic mass is 10.2. The standard InChI is InChI=1S/C13H20N4S/c1-4-5-14-13-16-11-8-18-7-10(11)12(17-13)15-6-9(2)3/h7-9H,4-6H2,1-3H3,(H2,14,15,16,17). The largest absolute Gasteiger partial charge is 0.369 e. The van der Waals surface area contributed by atoms with Gasteiger partial charge in [0.1, 0.15) is 5.82 Å². The van der Waals surface area contributed by atoms with E-state index < -0.39 is 0 Å². The van der Waals surface area contributed by atoms with Crippen molar-refractivity contribution in [2.45, 2.75) is 27.2 Å². The third-order valence-corrected chi connectivity index (χ3v) is 3.28. The van der Waals surface area contributed by atoms with Gasteiger partial charge in [0, 0.05) is 23.8 Å². The molecule has 5 heteroatoms. The highest BCUT2D eigenvalue weighted by molar-refractivity contribution is 7.09. The smallest absolute Gasteiger partial charge is 0.225 e. The molecule has 0 radical (unpaired) electrons. The number of hydrogen-bond donors (Lipinski definition) is 2. The fourth-order valence-electron chi connectivity index (χ4n) is 1.61. The summed E-state index contributed by atoms with van der Waals surface area (Å²) in [7, 11) is 0. The van der Waals surface area contributed by atoms with Gasteiger partial charge in [0.05, 0.1) is 10.9 Å². The molecule has 0 aliphatic carbocycles. The summed E-state index contributed by atoms with van der Waals surface area (Å²) >= 11 is 1.66. The minimum atomic E-state index is 0.598. The summed E-state index contributed by atoms with van der Waals surface area (Å²) in [6.07, 6.45) is 1.07. The highest BCUT2D eigenvalue weighted by Gasteiger charge is 2.08. The number of rotatable bonds is 6. The zero-order chi connectivity index (χ0) is 13.0.